The topological polar surface area (TPSA) is 78.9 Å². The van der Waals surface area contributed by atoms with E-state index >= 15 is 0 Å². The van der Waals surface area contributed by atoms with Gasteiger partial charge in [-0.1, -0.05) is 253 Å². The summed E-state index contributed by atoms with van der Waals surface area (Å²) in [5.41, 5.74) is 0. The zero-order chi connectivity index (χ0) is 50.7. The molecule has 0 radical (unpaired) electrons. The summed E-state index contributed by atoms with van der Waals surface area (Å²) >= 11 is 0. The molecule has 0 amide bonds. The molecule has 0 bridgehead atoms. The van der Waals surface area contributed by atoms with Gasteiger partial charge in [-0.2, -0.15) is 0 Å². The Kier molecular flexibility index (Phi) is 54.9. The molecule has 0 aliphatic rings. The van der Waals surface area contributed by atoms with E-state index in [0.29, 0.717) is 19.3 Å². The first-order chi connectivity index (χ1) is 34.5. The summed E-state index contributed by atoms with van der Waals surface area (Å²) in [5.74, 6) is -0.895. The second-order valence-electron chi connectivity index (χ2n) is 19.1. The van der Waals surface area contributed by atoms with E-state index < -0.39 is 6.10 Å². The third-order valence-electron chi connectivity index (χ3n) is 12.3. The first-order valence-electron chi connectivity index (χ1n) is 29.2. The number of allylic oxidation sites excluding steroid dienone is 16. The summed E-state index contributed by atoms with van der Waals surface area (Å²) in [4.78, 5) is 38.1. The van der Waals surface area contributed by atoms with Gasteiger partial charge in [0.15, 0.2) is 6.10 Å². The van der Waals surface area contributed by atoms with Crippen molar-refractivity contribution in [2.24, 2.45) is 0 Å². The zero-order valence-corrected chi connectivity index (χ0v) is 45.8. The van der Waals surface area contributed by atoms with Crippen molar-refractivity contribution in [2.45, 2.75) is 277 Å². The number of hydrogen-bond acceptors (Lipinski definition) is 6. The van der Waals surface area contributed by atoms with E-state index in [0.717, 1.165) is 122 Å². The van der Waals surface area contributed by atoms with Crippen LogP contribution in [-0.4, -0.2) is 37.2 Å². The summed E-state index contributed by atoms with van der Waals surface area (Å²) in [7, 11) is 0. The zero-order valence-electron chi connectivity index (χ0n) is 45.8. The lowest BCUT2D eigenvalue weighted by molar-refractivity contribution is -0.167. The number of carbonyl (C=O) groups is 3. The van der Waals surface area contributed by atoms with E-state index in [9.17, 15) is 14.4 Å². The third-order valence-corrected chi connectivity index (χ3v) is 12.3. The molecular formula is C64H108O6. The molecule has 0 aliphatic heterocycles. The molecule has 0 saturated carbocycles. The molecule has 1 unspecified atom stereocenters. The second-order valence-corrected chi connectivity index (χ2v) is 19.1. The number of esters is 3. The molecule has 6 heteroatoms. The molecule has 0 aromatic carbocycles. The molecule has 1 atom stereocenters. The summed E-state index contributed by atoms with van der Waals surface area (Å²) in [5, 5.41) is 0. The highest BCUT2D eigenvalue weighted by Crippen LogP contribution is 2.15. The third kappa shape index (κ3) is 55.3. The number of unbranched alkanes of at least 4 members (excludes halogenated alkanes) is 25. The van der Waals surface area contributed by atoms with Crippen LogP contribution in [0.15, 0.2) is 97.2 Å². The molecule has 0 aliphatic carbocycles. The SMILES string of the molecule is CC/C=C\C/C=C\C/C=C\C/C=C\C/C=C\CCCCCCCCCCCC(=O)OCC(COC(=O)CCCCCCCCCCCC)OC(=O)CCCCCCCCC/C=C\C/C=C\C/C=C\CC. The number of rotatable bonds is 52. The Hall–Kier alpha value is -3.67. The van der Waals surface area contributed by atoms with Crippen molar-refractivity contribution < 1.29 is 28.6 Å². The van der Waals surface area contributed by atoms with Crippen LogP contribution in [0.1, 0.15) is 271 Å². The minimum Gasteiger partial charge on any atom is -0.462 e. The van der Waals surface area contributed by atoms with Crippen LogP contribution in [-0.2, 0) is 28.6 Å². The lowest BCUT2D eigenvalue weighted by Gasteiger charge is -2.18. The number of ether oxygens (including phenoxy) is 3. The van der Waals surface area contributed by atoms with Crippen LogP contribution >= 0.6 is 0 Å². The highest BCUT2D eigenvalue weighted by atomic mass is 16.6. The fraction of sp³-hybridized carbons (Fsp3) is 0.703. The maximum Gasteiger partial charge on any atom is 0.306 e. The Morgan fingerprint density at radius 3 is 0.871 bits per heavy atom. The quantitative estimate of drug-likeness (QED) is 0.0262. The Balaban J connectivity index is 4.29. The molecule has 0 N–H and O–H groups in total. The van der Waals surface area contributed by atoms with E-state index in [4.69, 9.17) is 14.2 Å². The summed E-state index contributed by atoms with van der Waals surface area (Å²) in [6.45, 7) is 6.40. The van der Waals surface area contributed by atoms with Gasteiger partial charge in [0.1, 0.15) is 13.2 Å². The normalized spacial score (nSPS) is 12.8. The van der Waals surface area contributed by atoms with Crippen molar-refractivity contribution in [1.29, 1.82) is 0 Å². The predicted molar refractivity (Wildman–Crippen MR) is 302 cm³/mol. The molecule has 0 fully saturated rings. The van der Waals surface area contributed by atoms with Gasteiger partial charge in [-0.05, 0) is 96.3 Å². The molecule has 0 saturated heterocycles. The van der Waals surface area contributed by atoms with Crippen LogP contribution in [0.3, 0.4) is 0 Å². The Labute approximate surface area is 432 Å². The molecular weight excluding hydrogens is 865 g/mol. The average Bonchev–Trinajstić information content (AvgIpc) is 3.36. The first kappa shape index (κ1) is 66.3. The van der Waals surface area contributed by atoms with Crippen molar-refractivity contribution in [3.8, 4) is 0 Å². The molecule has 0 rings (SSSR count). The van der Waals surface area contributed by atoms with Gasteiger partial charge in [0.25, 0.3) is 0 Å². The molecule has 0 spiro atoms. The van der Waals surface area contributed by atoms with Crippen LogP contribution < -0.4 is 0 Å². The standard InChI is InChI=1S/C64H108O6/c1-4-7-10-13-16-19-22-24-26-28-29-30-31-32-33-34-35-37-38-40-42-45-48-51-54-57-63(66)69-60-61(59-68-62(65)56-53-50-47-44-21-18-15-12-9-6-3)70-64(67)58-55-52-49-46-43-41-39-36-27-25-23-20-17-14-11-8-5-2/h7-8,10-11,16-17,19-20,24-27,29-30,32-33,61H,4-6,9,12-15,18,21-23,28,31,34-60H2,1-3H3/b10-7-,11-8-,19-16-,20-17-,26-24-,27-25-,30-29-,33-32-. The highest BCUT2D eigenvalue weighted by molar-refractivity contribution is 5.71. The van der Waals surface area contributed by atoms with Gasteiger partial charge in [0.2, 0.25) is 0 Å². The number of carbonyl (C=O) groups excluding carboxylic acids is 3. The van der Waals surface area contributed by atoms with Crippen molar-refractivity contribution in [2.75, 3.05) is 13.2 Å². The Morgan fingerprint density at radius 1 is 0.300 bits per heavy atom. The van der Waals surface area contributed by atoms with E-state index in [1.165, 1.54) is 109 Å². The highest BCUT2D eigenvalue weighted by Gasteiger charge is 2.19. The molecule has 0 heterocycles. The summed E-state index contributed by atoms with van der Waals surface area (Å²) < 4.78 is 16.8. The van der Waals surface area contributed by atoms with Crippen LogP contribution in [0.4, 0.5) is 0 Å². The fourth-order valence-corrected chi connectivity index (χ4v) is 8.01. The van der Waals surface area contributed by atoms with Crippen molar-refractivity contribution >= 4 is 17.9 Å². The van der Waals surface area contributed by atoms with Gasteiger partial charge < -0.3 is 14.2 Å². The largest absolute Gasteiger partial charge is 0.462 e. The monoisotopic (exact) mass is 973 g/mol. The van der Waals surface area contributed by atoms with E-state index in [-0.39, 0.29) is 31.1 Å². The van der Waals surface area contributed by atoms with E-state index in [2.05, 4.69) is 118 Å². The van der Waals surface area contributed by atoms with E-state index in [1.807, 2.05) is 0 Å². The molecule has 0 aromatic heterocycles. The van der Waals surface area contributed by atoms with Gasteiger partial charge in [-0.25, -0.2) is 0 Å². The second kappa shape index (κ2) is 57.9. The smallest absolute Gasteiger partial charge is 0.306 e. The lowest BCUT2D eigenvalue weighted by Crippen LogP contribution is -2.30. The van der Waals surface area contributed by atoms with E-state index in [1.54, 1.807) is 0 Å². The molecule has 400 valence electrons. The first-order valence-corrected chi connectivity index (χ1v) is 29.2. The van der Waals surface area contributed by atoms with Crippen molar-refractivity contribution in [3.63, 3.8) is 0 Å². The Bertz CT molecular complexity index is 1400. The summed E-state index contributed by atoms with van der Waals surface area (Å²) in [6, 6.07) is 0. The summed E-state index contributed by atoms with van der Waals surface area (Å²) in [6.07, 6.45) is 76.9. The van der Waals surface area contributed by atoms with Gasteiger partial charge in [0.05, 0.1) is 0 Å². The fourth-order valence-electron chi connectivity index (χ4n) is 8.01. The van der Waals surface area contributed by atoms with Gasteiger partial charge in [0, 0.05) is 19.3 Å². The van der Waals surface area contributed by atoms with Crippen molar-refractivity contribution in [3.05, 3.63) is 97.2 Å². The molecule has 6 nitrogen and oxygen atoms in total. The Morgan fingerprint density at radius 2 is 0.557 bits per heavy atom. The predicted octanol–water partition coefficient (Wildman–Crippen LogP) is 19.7. The maximum absolute atomic E-state index is 12.8. The maximum atomic E-state index is 12.8. The van der Waals surface area contributed by atoms with Gasteiger partial charge in [-0.15, -0.1) is 0 Å². The molecule has 0 aromatic rings. The van der Waals surface area contributed by atoms with Crippen LogP contribution in [0.2, 0.25) is 0 Å². The van der Waals surface area contributed by atoms with Crippen LogP contribution in [0.5, 0.6) is 0 Å². The van der Waals surface area contributed by atoms with Gasteiger partial charge >= 0.3 is 17.9 Å². The molecule has 70 heavy (non-hydrogen) atoms. The average molecular weight is 974 g/mol. The minimum absolute atomic E-state index is 0.0818. The van der Waals surface area contributed by atoms with Crippen molar-refractivity contribution in [1.82, 2.24) is 0 Å². The minimum atomic E-state index is -0.784. The number of hydrogen-bond donors (Lipinski definition) is 0. The van der Waals surface area contributed by atoms with Gasteiger partial charge in [-0.3, -0.25) is 14.4 Å². The van der Waals surface area contributed by atoms with Crippen LogP contribution in [0, 0.1) is 0 Å². The van der Waals surface area contributed by atoms with Crippen LogP contribution in [0.25, 0.3) is 0 Å². The lowest BCUT2D eigenvalue weighted by atomic mass is 10.1.